The fourth-order valence-electron chi connectivity index (χ4n) is 3.52. The van der Waals surface area contributed by atoms with Crippen molar-refractivity contribution in [2.45, 2.75) is 32.7 Å². The number of nitrogens with zero attached hydrogens (tertiary/aromatic N) is 5. The molecule has 0 radical (unpaired) electrons. The number of nitrogens with one attached hydrogen (secondary N) is 1. The van der Waals surface area contributed by atoms with Gasteiger partial charge in [0.1, 0.15) is 0 Å². The molecule has 0 aliphatic heterocycles. The highest BCUT2D eigenvalue weighted by Gasteiger charge is 2.20. The second kappa shape index (κ2) is 8.77. The number of hydrogen-bond acceptors (Lipinski definition) is 4. The number of amides is 1. The van der Waals surface area contributed by atoms with E-state index in [0.717, 1.165) is 11.4 Å². The van der Waals surface area contributed by atoms with Gasteiger partial charge in [0, 0.05) is 24.3 Å². The van der Waals surface area contributed by atoms with Gasteiger partial charge in [-0.05, 0) is 48.7 Å². The Bertz CT molecular complexity index is 1270. The van der Waals surface area contributed by atoms with Gasteiger partial charge in [0.25, 0.3) is 5.91 Å². The lowest BCUT2D eigenvalue weighted by Crippen LogP contribution is -2.28. The van der Waals surface area contributed by atoms with Gasteiger partial charge >= 0.3 is 5.69 Å². The van der Waals surface area contributed by atoms with Crippen molar-refractivity contribution in [1.29, 1.82) is 0 Å². The van der Waals surface area contributed by atoms with E-state index >= 15 is 0 Å². The van der Waals surface area contributed by atoms with Crippen molar-refractivity contribution in [2.75, 3.05) is 6.54 Å². The average Bonchev–Trinajstić information content (AvgIpc) is 3.34. The van der Waals surface area contributed by atoms with Crippen LogP contribution in [0.1, 0.15) is 42.2 Å². The van der Waals surface area contributed by atoms with Gasteiger partial charge in [-0.25, -0.2) is 14.2 Å². The van der Waals surface area contributed by atoms with Crippen LogP contribution in [0.25, 0.3) is 11.3 Å². The van der Waals surface area contributed by atoms with Crippen LogP contribution in [0.4, 0.5) is 0 Å². The molecule has 3 aromatic heterocycles. The van der Waals surface area contributed by atoms with Crippen LogP contribution in [0.2, 0.25) is 5.02 Å². The third-order valence-electron chi connectivity index (χ3n) is 4.99. The van der Waals surface area contributed by atoms with Gasteiger partial charge in [-0.2, -0.15) is 5.10 Å². The Morgan fingerprint density at radius 3 is 2.65 bits per heavy atom. The molecule has 4 aromatic rings. The maximum absolute atomic E-state index is 12.8. The number of benzene rings is 1. The number of carbonyl (C=O) groups is 1. The van der Waals surface area contributed by atoms with Gasteiger partial charge in [-0.3, -0.25) is 9.20 Å². The largest absolute Gasteiger partial charge is 0.352 e. The van der Waals surface area contributed by atoms with Gasteiger partial charge < -0.3 is 5.32 Å². The third kappa shape index (κ3) is 4.25. The van der Waals surface area contributed by atoms with Crippen molar-refractivity contribution >= 4 is 23.2 Å². The fourth-order valence-corrected chi connectivity index (χ4v) is 3.64. The molecule has 1 amide bonds. The fraction of sp³-hybridized carbons (Fsp3) is 0.273. The summed E-state index contributed by atoms with van der Waals surface area (Å²) in [5, 5.41) is 12.3. The van der Waals surface area contributed by atoms with E-state index in [1.165, 1.54) is 9.08 Å². The Balaban J connectivity index is 1.43. The van der Waals surface area contributed by atoms with Crippen LogP contribution in [-0.4, -0.2) is 36.4 Å². The molecular weight excluding hydrogens is 416 g/mol. The number of halogens is 1. The van der Waals surface area contributed by atoms with Crippen LogP contribution in [0.15, 0.2) is 59.7 Å². The lowest BCUT2D eigenvalue weighted by Gasteiger charge is -2.13. The van der Waals surface area contributed by atoms with E-state index in [4.69, 9.17) is 11.6 Å². The van der Waals surface area contributed by atoms with Gasteiger partial charge in [0.2, 0.25) is 0 Å². The number of pyridine rings is 1. The van der Waals surface area contributed by atoms with Crippen molar-refractivity contribution in [3.63, 3.8) is 0 Å². The number of hydrogen-bond donors (Lipinski definition) is 1. The van der Waals surface area contributed by atoms with Crippen molar-refractivity contribution in [3.8, 4) is 5.69 Å². The third-order valence-corrected chi connectivity index (χ3v) is 5.24. The zero-order valence-electron chi connectivity index (χ0n) is 17.3. The van der Waals surface area contributed by atoms with E-state index in [1.807, 2.05) is 32.0 Å². The highest BCUT2D eigenvalue weighted by atomic mass is 35.5. The Hall–Kier alpha value is -3.39. The van der Waals surface area contributed by atoms with E-state index in [9.17, 15) is 9.59 Å². The van der Waals surface area contributed by atoms with E-state index in [-0.39, 0.29) is 17.5 Å². The first-order chi connectivity index (χ1) is 15.0. The minimum atomic E-state index is -0.189. The first kappa shape index (κ1) is 20.9. The SMILES string of the molecule is CC(C)c1c(C(=O)NCCCn2nc3ccccn3c2=O)cnn1-c1ccc(Cl)cc1. The molecule has 0 aliphatic carbocycles. The van der Waals surface area contributed by atoms with Crippen LogP contribution >= 0.6 is 11.6 Å². The van der Waals surface area contributed by atoms with E-state index in [2.05, 4.69) is 15.5 Å². The van der Waals surface area contributed by atoms with Gasteiger partial charge in [-0.15, -0.1) is 5.10 Å². The Morgan fingerprint density at radius 1 is 1.16 bits per heavy atom. The predicted octanol–water partition coefficient (Wildman–Crippen LogP) is 3.28. The van der Waals surface area contributed by atoms with Gasteiger partial charge in [-0.1, -0.05) is 31.5 Å². The summed E-state index contributed by atoms with van der Waals surface area (Å²) in [5.41, 5.74) is 2.63. The zero-order chi connectivity index (χ0) is 22.0. The normalized spacial score (nSPS) is 11.4. The van der Waals surface area contributed by atoms with Crippen LogP contribution in [-0.2, 0) is 6.54 Å². The average molecular weight is 439 g/mol. The summed E-state index contributed by atoms with van der Waals surface area (Å²) in [6.45, 7) is 4.89. The second-order valence-corrected chi connectivity index (χ2v) is 7.97. The second-order valence-electron chi connectivity index (χ2n) is 7.53. The summed E-state index contributed by atoms with van der Waals surface area (Å²) >= 11 is 5.98. The quantitative estimate of drug-likeness (QED) is 0.448. The van der Waals surface area contributed by atoms with Crippen LogP contribution < -0.4 is 11.0 Å². The molecule has 9 heteroatoms. The summed E-state index contributed by atoms with van der Waals surface area (Å²) in [7, 11) is 0. The molecule has 4 rings (SSSR count). The van der Waals surface area contributed by atoms with Crippen molar-refractivity contribution < 1.29 is 4.79 Å². The molecule has 1 N–H and O–H groups in total. The highest BCUT2D eigenvalue weighted by Crippen LogP contribution is 2.24. The molecule has 8 nitrogen and oxygen atoms in total. The Labute approximate surface area is 184 Å². The number of carbonyl (C=O) groups excluding carboxylic acids is 1. The Kier molecular flexibility index (Phi) is 5.90. The monoisotopic (exact) mass is 438 g/mol. The summed E-state index contributed by atoms with van der Waals surface area (Å²) < 4.78 is 4.68. The molecule has 0 unspecified atom stereocenters. The van der Waals surface area contributed by atoms with Crippen LogP contribution in [0.3, 0.4) is 0 Å². The molecular formula is C22H23ClN6O2. The maximum Gasteiger partial charge on any atom is 0.350 e. The van der Waals surface area contributed by atoms with Crippen molar-refractivity contribution in [2.24, 2.45) is 0 Å². The standard InChI is InChI=1S/C22H23ClN6O2/c1-15(2)20-18(14-25-29(20)17-9-7-16(23)8-10-17)21(30)24-11-5-13-28-22(31)27-12-4-3-6-19(27)26-28/h3-4,6-10,12,14-15H,5,11,13H2,1-2H3,(H,24,30). The first-order valence-corrected chi connectivity index (χ1v) is 10.5. The van der Waals surface area contributed by atoms with E-state index in [1.54, 1.807) is 41.3 Å². The van der Waals surface area contributed by atoms with E-state index in [0.29, 0.717) is 35.7 Å². The van der Waals surface area contributed by atoms with Gasteiger partial charge in [0.15, 0.2) is 5.65 Å². The number of aryl methyl sites for hydroxylation is 1. The smallest absolute Gasteiger partial charge is 0.350 e. The molecule has 3 heterocycles. The molecule has 0 fully saturated rings. The van der Waals surface area contributed by atoms with Crippen molar-refractivity contribution in [1.82, 2.24) is 29.3 Å². The Morgan fingerprint density at radius 2 is 1.94 bits per heavy atom. The molecule has 160 valence electrons. The number of fused-ring (bicyclic) bond motifs is 1. The maximum atomic E-state index is 12.8. The summed E-state index contributed by atoms with van der Waals surface area (Å²) in [4.78, 5) is 25.1. The predicted molar refractivity (Wildman–Crippen MR) is 119 cm³/mol. The number of rotatable bonds is 7. The van der Waals surface area contributed by atoms with Gasteiger partial charge in [0.05, 0.1) is 23.1 Å². The molecule has 0 saturated carbocycles. The lowest BCUT2D eigenvalue weighted by molar-refractivity contribution is 0.0951. The molecule has 0 aliphatic rings. The molecule has 31 heavy (non-hydrogen) atoms. The van der Waals surface area contributed by atoms with Crippen LogP contribution in [0, 0.1) is 0 Å². The van der Waals surface area contributed by atoms with Crippen molar-refractivity contribution in [3.05, 3.63) is 81.6 Å². The van der Waals surface area contributed by atoms with E-state index < -0.39 is 0 Å². The topological polar surface area (TPSA) is 86.2 Å². The minimum Gasteiger partial charge on any atom is -0.352 e. The molecule has 0 spiro atoms. The molecule has 1 aromatic carbocycles. The molecule has 0 saturated heterocycles. The number of aromatic nitrogens is 5. The molecule has 0 atom stereocenters. The molecule has 0 bridgehead atoms. The lowest BCUT2D eigenvalue weighted by atomic mass is 10.0. The summed E-state index contributed by atoms with van der Waals surface area (Å²) in [5.74, 6) is -0.0956. The summed E-state index contributed by atoms with van der Waals surface area (Å²) in [6.07, 6.45) is 3.86. The highest BCUT2D eigenvalue weighted by molar-refractivity contribution is 6.30. The zero-order valence-corrected chi connectivity index (χ0v) is 18.1. The first-order valence-electron chi connectivity index (χ1n) is 10.1. The van der Waals surface area contributed by atoms with Crippen LogP contribution in [0.5, 0.6) is 0 Å². The minimum absolute atomic E-state index is 0.0930. The summed E-state index contributed by atoms with van der Waals surface area (Å²) in [6, 6.07) is 12.7.